The van der Waals surface area contributed by atoms with E-state index in [0.717, 1.165) is 45.3 Å². The maximum Gasteiger partial charge on any atom is 0.247 e. The third kappa shape index (κ3) is 3.73. The second-order valence-corrected chi connectivity index (χ2v) is 7.44. The molecule has 5 heteroatoms. The number of nitrogens with zero attached hydrogens (tertiary/aromatic N) is 1. The summed E-state index contributed by atoms with van der Waals surface area (Å²) < 4.78 is 0. The van der Waals surface area contributed by atoms with E-state index < -0.39 is 0 Å². The van der Waals surface area contributed by atoms with Crippen LogP contribution in [0.25, 0.3) is 0 Å². The van der Waals surface area contributed by atoms with Gasteiger partial charge in [-0.25, -0.2) is 0 Å². The van der Waals surface area contributed by atoms with E-state index in [1.807, 2.05) is 23.2 Å². The Balaban J connectivity index is 1.31. The Morgan fingerprint density at radius 2 is 1.85 bits per heavy atom. The van der Waals surface area contributed by atoms with Crippen LogP contribution in [0.3, 0.4) is 0 Å². The topological polar surface area (TPSA) is 65.2 Å². The highest BCUT2D eigenvalue weighted by atomic mass is 16.2. The number of fused-ring (bicyclic) bond motifs is 1. The summed E-state index contributed by atoms with van der Waals surface area (Å²) in [7, 11) is 0. The Morgan fingerprint density at radius 1 is 1.08 bits per heavy atom. The highest BCUT2D eigenvalue weighted by Crippen LogP contribution is 2.23. The fraction of sp³-hybridized carbons (Fsp3) is 0.429. The first-order valence-corrected chi connectivity index (χ1v) is 9.45. The normalized spacial score (nSPS) is 20.6. The Bertz CT molecular complexity index is 817. The van der Waals surface area contributed by atoms with Crippen molar-refractivity contribution in [1.82, 2.24) is 15.2 Å². The van der Waals surface area contributed by atoms with Crippen molar-refractivity contribution in [2.24, 2.45) is 5.92 Å². The highest BCUT2D eigenvalue weighted by molar-refractivity contribution is 5.82. The molecular formula is C21H25N3O2. The fourth-order valence-corrected chi connectivity index (χ4v) is 4.11. The molecule has 2 aromatic rings. The molecule has 1 atom stereocenters. The minimum Gasteiger partial charge on any atom is -0.341 e. The van der Waals surface area contributed by atoms with Gasteiger partial charge >= 0.3 is 0 Å². The summed E-state index contributed by atoms with van der Waals surface area (Å²) in [5.41, 5.74) is 3.70. The van der Waals surface area contributed by atoms with Crippen molar-refractivity contribution in [2.45, 2.75) is 38.3 Å². The van der Waals surface area contributed by atoms with Crippen molar-refractivity contribution in [3.05, 3.63) is 69.6 Å². The maximum atomic E-state index is 12.9. The number of carbonyl (C=O) groups excluding carboxylic acids is 1. The van der Waals surface area contributed by atoms with Crippen LogP contribution in [0, 0.1) is 5.92 Å². The average Bonchev–Trinajstić information content (AvgIpc) is 2.69. The van der Waals surface area contributed by atoms with Gasteiger partial charge in [-0.3, -0.25) is 9.59 Å². The van der Waals surface area contributed by atoms with E-state index in [9.17, 15) is 9.59 Å². The molecule has 0 spiro atoms. The number of aromatic nitrogens is 1. The lowest BCUT2D eigenvalue weighted by atomic mass is 9.89. The molecule has 1 saturated heterocycles. The van der Waals surface area contributed by atoms with Crippen LogP contribution in [0.2, 0.25) is 0 Å². The van der Waals surface area contributed by atoms with Crippen LogP contribution in [-0.4, -0.2) is 34.9 Å². The number of aromatic amines is 1. The molecule has 1 amide bonds. The van der Waals surface area contributed by atoms with Gasteiger partial charge in [-0.2, -0.15) is 0 Å². The van der Waals surface area contributed by atoms with Crippen LogP contribution in [-0.2, 0) is 24.2 Å². The van der Waals surface area contributed by atoms with E-state index in [-0.39, 0.29) is 17.5 Å². The smallest absolute Gasteiger partial charge is 0.247 e. The van der Waals surface area contributed by atoms with E-state index >= 15 is 0 Å². The van der Waals surface area contributed by atoms with Crippen molar-refractivity contribution in [2.75, 3.05) is 13.1 Å². The Labute approximate surface area is 153 Å². The molecule has 0 saturated carbocycles. The van der Waals surface area contributed by atoms with Gasteiger partial charge in [0.2, 0.25) is 11.5 Å². The van der Waals surface area contributed by atoms with Crippen molar-refractivity contribution in [1.29, 1.82) is 0 Å². The largest absolute Gasteiger partial charge is 0.341 e. The molecule has 0 unspecified atom stereocenters. The first kappa shape index (κ1) is 17.0. The monoisotopic (exact) mass is 351 g/mol. The zero-order valence-corrected chi connectivity index (χ0v) is 14.9. The van der Waals surface area contributed by atoms with Gasteiger partial charge in [0.15, 0.2) is 0 Å². The molecule has 0 radical (unpaired) electrons. The minimum atomic E-state index is -0.0966. The van der Waals surface area contributed by atoms with Gasteiger partial charge in [0, 0.05) is 31.9 Å². The molecule has 0 bridgehead atoms. The van der Waals surface area contributed by atoms with Crippen LogP contribution in [0.15, 0.2) is 47.4 Å². The van der Waals surface area contributed by atoms with Crippen molar-refractivity contribution in [3.63, 3.8) is 0 Å². The fourth-order valence-electron chi connectivity index (χ4n) is 4.11. The van der Waals surface area contributed by atoms with Crippen LogP contribution >= 0.6 is 0 Å². The van der Waals surface area contributed by atoms with E-state index in [2.05, 4.69) is 28.5 Å². The summed E-state index contributed by atoms with van der Waals surface area (Å²) in [4.78, 5) is 28.8. The summed E-state index contributed by atoms with van der Waals surface area (Å²) in [5.74, 6) is 0.812. The quantitative estimate of drug-likeness (QED) is 0.887. The number of pyridine rings is 1. The van der Waals surface area contributed by atoms with Gasteiger partial charge < -0.3 is 15.2 Å². The lowest BCUT2D eigenvalue weighted by Crippen LogP contribution is -2.51. The van der Waals surface area contributed by atoms with Gasteiger partial charge in [0.25, 0.3) is 0 Å². The van der Waals surface area contributed by atoms with E-state index in [1.54, 1.807) is 6.07 Å². The molecule has 0 aliphatic carbocycles. The standard InChI is InChI=1S/C21H25N3O2/c25-20-6-5-16(13-23-20)11-15-7-9-24(10-8-15)21(26)19-12-17-3-1-2-4-18(17)14-22-19/h1-6,13,15,19,22H,7-12,14H2,(H,23,25)/t19-/m1/s1. The Hall–Kier alpha value is -2.40. The summed E-state index contributed by atoms with van der Waals surface area (Å²) in [6.07, 6.45) is 5.60. The SMILES string of the molecule is O=C([C@H]1Cc2ccccc2CN1)N1CCC(Cc2ccc(=O)[nH]c2)CC1. The number of carbonyl (C=O) groups is 1. The molecule has 2 N–H and O–H groups in total. The van der Waals surface area contributed by atoms with Crippen LogP contribution in [0.4, 0.5) is 0 Å². The van der Waals surface area contributed by atoms with Gasteiger partial charge in [-0.1, -0.05) is 30.3 Å². The second-order valence-electron chi connectivity index (χ2n) is 7.44. The number of hydrogen-bond donors (Lipinski definition) is 2. The third-order valence-corrected chi connectivity index (χ3v) is 5.68. The van der Waals surface area contributed by atoms with Crippen LogP contribution in [0.5, 0.6) is 0 Å². The zero-order chi connectivity index (χ0) is 17.9. The molecule has 2 aliphatic rings. The lowest BCUT2D eigenvalue weighted by Gasteiger charge is -2.36. The Morgan fingerprint density at radius 3 is 2.58 bits per heavy atom. The molecular weight excluding hydrogens is 326 g/mol. The second kappa shape index (κ2) is 7.46. The summed E-state index contributed by atoms with van der Waals surface area (Å²) in [6, 6.07) is 11.8. The third-order valence-electron chi connectivity index (χ3n) is 5.68. The van der Waals surface area contributed by atoms with Crippen molar-refractivity contribution in [3.8, 4) is 0 Å². The number of rotatable bonds is 3. The van der Waals surface area contributed by atoms with E-state index in [1.165, 1.54) is 16.7 Å². The molecule has 1 fully saturated rings. The lowest BCUT2D eigenvalue weighted by molar-refractivity contribution is -0.135. The van der Waals surface area contributed by atoms with Crippen molar-refractivity contribution < 1.29 is 4.79 Å². The number of amides is 1. The van der Waals surface area contributed by atoms with Gasteiger partial charge in [-0.15, -0.1) is 0 Å². The number of benzene rings is 1. The van der Waals surface area contributed by atoms with E-state index in [4.69, 9.17) is 0 Å². The number of likely N-dealkylation sites (tertiary alicyclic amines) is 1. The number of H-pyrrole nitrogens is 1. The number of hydrogen-bond acceptors (Lipinski definition) is 3. The van der Waals surface area contributed by atoms with Crippen molar-refractivity contribution >= 4 is 5.91 Å². The first-order chi connectivity index (χ1) is 12.7. The molecule has 4 rings (SSSR count). The van der Waals surface area contributed by atoms with E-state index in [0.29, 0.717) is 5.92 Å². The molecule has 1 aromatic heterocycles. The molecule has 3 heterocycles. The molecule has 26 heavy (non-hydrogen) atoms. The summed E-state index contributed by atoms with van der Waals surface area (Å²) >= 11 is 0. The van der Waals surface area contributed by atoms with Crippen LogP contribution < -0.4 is 10.9 Å². The highest BCUT2D eigenvalue weighted by Gasteiger charge is 2.30. The average molecular weight is 351 g/mol. The maximum absolute atomic E-state index is 12.9. The number of piperidine rings is 1. The van der Waals surface area contributed by atoms with Gasteiger partial charge in [0.05, 0.1) is 6.04 Å². The van der Waals surface area contributed by atoms with Gasteiger partial charge in [-0.05, 0) is 48.3 Å². The first-order valence-electron chi connectivity index (χ1n) is 9.45. The predicted molar refractivity (Wildman–Crippen MR) is 101 cm³/mol. The van der Waals surface area contributed by atoms with Crippen LogP contribution in [0.1, 0.15) is 29.5 Å². The van der Waals surface area contributed by atoms with Gasteiger partial charge in [0.1, 0.15) is 0 Å². The number of nitrogens with one attached hydrogen (secondary N) is 2. The zero-order valence-electron chi connectivity index (χ0n) is 14.9. The predicted octanol–water partition coefficient (Wildman–Crippen LogP) is 1.87. The molecule has 5 nitrogen and oxygen atoms in total. The molecule has 1 aromatic carbocycles. The Kier molecular flexibility index (Phi) is 4.89. The molecule has 136 valence electrons. The molecule has 2 aliphatic heterocycles. The minimum absolute atomic E-state index is 0.0595. The summed E-state index contributed by atoms with van der Waals surface area (Å²) in [6.45, 7) is 2.43. The summed E-state index contributed by atoms with van der Waals surface area (Å²) in [5, 5.41) is 3.40.